The highest BCUT2D eigenvalue weighted by atomic mass is 35.5. The minimum atomic E-state index is -0.507. The number of piperidine rings is 1. The Hall–Kier alpha value is -3.15. The number of β-amino-alcohol motifs (C(OH)–C–C–N with tert-alkyl or cyclic N) is 1. The molecule has 0 atom stereocenters. The molecule has 2 N–H and O–H groups in total. The number of carbonyl (C=O) groups is 1. The zero-order chi connectivity index (χ0) is 33.9. The number of nitrogens with zero attached hydrogens (tertiary/aromatic N) is 5. The van der Waals surface area contributed by atoms with Gasteiger partial charge in [0.05, 0.1) is 17.5 Å². The number of piperazine rings is 1. The second kappa shape index (κ2) is 14.8. The third-order valence-electron chi connectivity index (χ3n) is 9.05. The molecule has 258 valence electrons. The van der Waals surface area contributed by atoms with Crippen molar-refractivity contribution < 1.29 is 19.4 Å². The van der Waals surface area contributed by atoms with Crippen molar-refractivity contribution in [3.63, 3.8) is 0 Å². The first-order chi connectivity index (χ1) is 22.9. The molecule has 4 heterocycles. The van der Waals surface area contributed by atoms with Gasteiger partial charge in [0.2, 0.25) is 5.88 Å². The molecular formula is C36H46Cl2N6O4. The molecule has 3 aliphatic rings. The van der Waals surface area contributed by atoms with Crippen molar-refractivity contribution in [1.82, 2.24) is 25.1 Å². The highest BCUT2D eigenvalue weighted by molar-refractivity contribution is 6.35. The Morgan fingerprint density at radius 1 is 0.979 bits per heavy atom. The van der Waals surface area contributed by atoms with Gasteiger partial charge in [-0.15, -0.1) is 0 Å². The Morgan fingerprint density at radius 3 is 2.31 bits per heavy atom. The molecule has 0 spiro atoms. The van der Waals surface area contributed by atoms with Crippen LogP contribution in [0.2, 0.25) is 10.0 Å². The number of aliphatic hydroxyl groups is 1. The normalized spacial score (nSPS) is 18.8. The third-order valence-corrected chi connectivity index (χ3v) is 9.49. The molecule has 48 heavy (non-hydrogen) atoms. The van der Waals surface area contributed by atoms with Crippen molar-refractivity contribution in [2.45, 2.75) is 64.2 Å². The maximum Gasteiger partial charge on any atom is 0.407 e. The van der Waals surface area contributed by atoms with E-state index in [-0.39, 0.29) is 6.09 Å². The number of hydrogen-bond acceptors (Lipinski definition) is 9. The summed E-state index contributed by atoms with van der Waals surface area (Å²) in [5.41, 5.74) is 1.64. The molecule has 1 aromatic carbocycles. The Kier molecular flexibility index (Phi) is 10.7. The fraction of sp³-hybridized carbons (Fsp3) is 0.528. The Balaban J connectivity index is 1.09. The number of amides is 1. The molecule has 0 bridgehead atoms. The second-order valence-electron chi connectivity index (χ2n) is 14.4. The lowest BCUT2D eigenvalue weighted by atomic mass is 9.96. The lowest BCUT2D eigenvalue weighted by Crippen LogP contribution is -2.49. The SMILES string of the molecule is CC(C)(C)OC(=O)NCC1CCN(Cc2cc(Oc3ccc(N4CCN(CC5(O)CC5)CC4)nc3)nc(-c3cc(Cl)cc(Cl)c3)c2)CC1. The molecule has 0 unspecified atom stereocenters. The Bertz CT molecular complexity index is 1540. The van der Waals surface area contributed by atoms with Crippen LogP contribution in [0.25, 0.3) is 11.3 Å². The van der Waals surface area contributed by atoms with Crippen molar-refractivity contribution in [1.29, 1.82) is 0 Å². The summed E-state index contributed by atoms with van der Waals surface area (Å²) in [4.78, 5) is 28.7. The molecule has 2 aromatic heterocycles. The number of nitrogens with one attached hydrogen (secondary N) is 1. The number of rotatable bonds is 10. The molecule has 1 saturated carbocycles. The Morgan fingerprint density at radius 2 is 1.69 bits per heavy atom. The van der Waals surface area contributed by atoms with E-state index in [2.05, 4.69) is 26.1 Å². The summed E-state index contributed by atoms with van der Waals surface area (Å²) in [6.07, 6.45) is 5.17. The topological polar surface area (TPSA) is 103 Å². The van der Waals surface area contributed by atoms with E-state index in [1.54, 1.807) is 12.3 Å². The van der Waals surface area contributed by atoms with Crippen LogP contribution >= 0.6 is 23.2 Å². The smallest absolute Gasteiger partial charge is 0.407 e. The predicted molar refractivity (Wildman–Crippen MR) is 189 cm³/mol. The molecule has 3 aromatic rings. The number of aromatic nitrogens is 2. The van der Waals surface area contributed by atoms with Crippen LogP contribution in [-0.4, -0.2) is 94.5 Å². The number of halogens is 2. The highest BCUT2D eigenvalue weighted by Gasteiger charge is 2.42. The molecule has 10 nitrogen and oxygen atoms in total. The van der Waals surface area contributed by atoms with E-state index in [9.17, 15) is 9.90 Å². The number of benzene rings is 1. The maximum atomic E-state index is 12.1. The first kappa shape index (κ1) is 34.7. The van der Waals surface area contributed by atoms with Gasteiger partial charge in [-0.1, -0.05) is 23.2 Å². The summed E-state index contributed by atoms with van der Waals surface area (Å²) >= 11 is 12.7. The fourth-order valence-electron chi connectivity index (χ4n) is 6.30. The van der Waals surface area contributed by atoms with Crippen molar-refractivity contribution in [3.05, 3.63) is 64.3 Å². The van der Waals surface area contributed by atoms with E-state index in [0.29, 0.717) is 34.1 Å². The van der Waals surface area contributed by atoms with Gasteiger partial charge >= 0.3 is 6.09 Å². The van der Waals surface area contributed by atoms with Gasteiger partial charge in [0, 0.05) is 67.5 Å². The number of anilines is 1. The molecule has 1 amide bonds. The summed E-state index contributed by atoms with van der Waals surface area (Å²) in [5, 5.41) is 14.3. The molecular weight excluding hydrogens is 651 g/mol. The van der Waals surface area contributed by atoms with Crippen LogP contribution in [0.4, 0.5) is 10.6 Å². The first-order valence-corrected chi connectivity index (χ1v) is 17.6. The van der Waals surface area contributed by atoms with Crippen LogP contribution in [0.1, 0.15) is 52.0 Å². The standard InChI is InChI=1S/C36H46Cl2N6O4/c1-35(2,3)48-34(45)40-21-25-6-10-42(11-7-25)23-26-16-31(27-18-28(37)20-29(38)19-27)41-33(17-26)47-30-4-5-32(39-22-30)44-14-12-43(13-15-44)24-36(46)8-9-36/h4-5,16-20,22,25,46H,6-15,21,23-24H2,1-3H3,(H,40,45). The summed E-state index contributed by atoms with van der Waals surface area (Å²) in [6.45, 7) is 13.1. The first-order valence-electron chi connectivity index (χ1n) is 16.9. The lowest BCUT2D eigenvalue weighted by molar-refractivity contribution is 0.0509. The number of ether oxygens (including phenoxy) is 2. The van der Waals surface area contributed by atoms with Crippen LogP contribution in [0.15, 0.2) is 48.7 Å². The molecule has 6 rings (SSSR count). The van der Waals surface area contributed by atoms with Crippen LogP contribution in [0.5, 0.6) is 11.6 Å². The van der Waals surface area contributed by atoms with Crippen LogP contribution in [0.3, 0.4) is 0 Å². The van der Waals surface area contributed by atoms with Gasteiger partial charge in [-0.2, -0.15) is 0 Å². The number of likely N-dealkylation sites (tertiary alicyclic amines) is 1. The van der Waals surface area contributed by atoms with Crippen molar-refractivity contribution in [3.8, 4) is 22.9 Å². The van der Waals surface area contributed by atoms with Crippen LogP contribution in [0, 0.1) is 5.92 Å². The van der Waals surface area contributed by atoms with Gasteiger partial charge in [-0.3, -0.25) is 9.80 Å². The van der Waals surface area contributed by atoms with Gasteiger partial charge in [0.1, 0.15) is 17.2 Å². The van der Waals surface area contributed by atoms with Gasteiger partial charge < -0.3 is 24.8 Å². The van der Waals surface area contributed by atoms with Gasteiger partial charge in [0.25, 0.3) is 0 Å². The molecule has 0 radical (unpaired) electrons. The second-order valence-corrected chi connectivity index (χ2v) is 15.3. The predicted octanol–water partition coefficient (Wildman–Crippen LogP) is 6.63. The van der Waals surface area contributed by atoms with E-state index >= 15 is 0 Å². The van der Waals surface area contributed by atoms with Gasteiger partial charge in [0.15, 0.2) is 0 Å². The van der Waals surface area contributed by atoms with Crippen LogP contribution in [-0.2, 0) is 11.3 Å². The zero-order valence-electron chi connectivity index (χ0n) is 28.1. The quantitative estimate of drug-likeness (QED) is 0.242. The van der Waals surface area contributed by atoms with E-state index in [4.69, 9.17) is 42.6 Å². The van der Waals surface area contributed by atoms with E-state index < -0.39 is 11.2 Å². The summed E-state index contributed by atoms with van der Waals surface area (Å²) in [6, 6.07) is 13.4. The highest BCUT2D eigenvalue weighted by Crippen LogP contribution is 2.36. The number of hydrogen-bond donors (Lipinski definition) is 2. The lowest BCUT2D eigenvalue weighted by Gasteiger charge is -2.36. The van der Waals surface area contributed by atoms with E-state index in [1.807, 2.05) is 51.1 Å². The van der Waals surface area contributed by atoms with E-state index in [0.717, 1.165) is 101 Å². The van der Waals surface area contributed by atoms with Crippen molar-refractivity contribution in [2.75, 3.05) is 57.3 Å². The van der Waals surface area contributed by atoms with Gasteiger partial charge in [-0.05, 0) is 107 Å². The number of pyridine rings is 2. The zero-order valence-corrected chi connectivity index (χ0v) is 29.6. The minimum Gasteiger partial charge on any atom is -0.444 e. The summed E-state index contributed by atoms with van der Waals surface area (Å²) in [5.74, 6) is 2.39. The van der Waals surface area contributed by atoms with Crippen molar-refractivity contribution >= 4 is 35.1 Å². The minimum absolute atomic E-state index is 0.365. The van der Waals surface area contributed by atoms with E-state index in [1.165, 1.54) is 0 Å². The van der Waals surface area contributed by atoms with Gasteiger partial charge in [-0.25, -0.2) is 14.8 Å². The average molecular weight is 698 g/mol. The van der Waals surface area contributed by atoms with Crippen LogP contribution < -0.4 is 15.0 Å². The Labute approximate surface area is 293 Å². The molecule has 1 aliphatic carbocycles. The van der Waals surface area contributed by atoms with Crippen molar-refractivity contribution in [2.24, 2.45) is 5.92 Å². The summed E-state index contributed by atoms with van der Waals surface area (Å²) < 4.78 is 11.7. The molecule has 2 saturated heterocycles. The maximum absolute atomic E-state index is 12.1. The molecule has 12 heteroatoms. The number of carbonyl (C=O) groups excluding carboxylic acids is 1. The molecule has 3 fully saturated rings. The fourth-order valence-corrected chi connectivity index (χ4v) is 6.82. The third kappa shape index (κ3) is 9.95. The monoisotopic (exact) mass is 696 g/mol. The average Bonchev–Trinajstić information content (AvgIpc) is 3.76. The molecule has 2 aliphatic heterocycles. The summed E-state index contributed by atoms with van der Waals surface area (Å²) in [7, 11) is 0. The number of alkyl carbamates (subject to hydrolysis) is 1. The largest absolute Gasteiger partial charge is 0.444 e.